The van der Waals surface area contributed by atoms with Gasteiger partial charge in [0.1, 0.15) is 10.7 Å². The fourth-order valence-corrected chi connectivity index (χ4v) is 7.94. The number of nitrogens with zero attached hydrogens (tertiary/aromatic N) is 3. The quantitative estimate of drug-likeness (QED) is 0.281. The van der Waals surface area contributed by atoms with Crippen LogP contribution in [0.2, 0.25) is 10.0 Å². The Kier molecular flexibility index (Phi) is 9.66. The summed E-state index contributed by atoms with van der Waals surface area (Å²) in [7, 11) is -7.59. The van der Waals surface area contributed by atoms with Gasteiger partial charge in [-0.05, 0) is 61.2 Å². The van der Waals surface area contributed by atoms with Gasteiger partial charge in [0, 0.05) is 35.7 Å². The number of rotatable bonds is 10. The molecule has 1 aliphatic heterocycles. The lowest BCUT2D eigenvalue weighted by Gasteiger charge is -2.25. The Hall–Kier alpha value is -2.09. The van der Waals surface area contributed by atoms with Crippen LogP contribution in [0, 0.1) is 5.92 Å². The SMILES string of the molecule is CC(C)CNc1nc(NS(=O)(=O)c2ccc(Cl)cc2Cl)ncc1Sc1ccc(S(=O)(=O)N2CCCCC2)cc1. The Morgan fingerprint density at radius 2 is 1.69 bits per heavy atom. The van der Waals surface area contributed by atoms with E-state index in [4.69, 9.17) is 23.2 Å². The number of anilines is 2. The van der Waals surface area contributed by atoms with E-state index in [0.29, 0.717) is 41.3 Å². The van der Waals surface area contributed by atoms with Gasteiger partial charge in [-0.15, -0.1) is 0 Å². The molecule has 4 rings (SSSR count). The number of hydrogen-bond donors (Lipinski definition) is 2. The van der Waals surface area contributed by atoms with Crippen molar-refractivity contribution in [2.75, 3.05) is 29.7 Å². The second-order valence-corrected chi connectivity index (χ2v) is 14.9. The number of sulfonamides is 2. The van der Waals surface area contributed by atoms with Crippen LogP contribution in [0.3, 0.4) is 0 Å². The van der Waals surface area contributed by atoms with Crippen LogP contribution in [-0.4, -0.2) is 50.7 Å². The molecule has 14 heteroatoms. The molecule has 1 saturated heterocycles. The summed E-state index contributed by atoms with van der Waals surface area (Å²) in [6, 6.07) is 10.8. The van der Waals surface area contributed by atoms with Crippen LogP contribution >= 0.6 is 35.0 Å². The zero-order chi connectivity index (χ0) is 28.2. The van der Waals surface area contributed by atoms with Crippen LogP contribution in [0.25, 0.3) is 0 Å². The largest absolute Gasteiger partial charge is 0.369 e. The molecule has 0 aliphatic carbocycles. The van der Waals surface area contributed by atoms with Crippen LogP contribution < -0.4 is 10.0 Å². The lowest BCUT2D eigenvalue weighted by Crippen LogP contribution is -2.35. The second kappa shape index (κ2) is 12.6. The Labute approximate surface area is 243 Å². The van der Waals surface area contributed by atoms with E-state index in [-0.39, 0.29) is 20.8 Å². The molecule has 210 valence electrons. The summed E-state index contributed by atoms with van der Waals surface area (Å²) in [5, 5.41) is 3.54. The van der Waals surface area contributed by atoms with Crippen molar-refractivity contribution in [3.63, 3.8) is 0 Å². The number of halogens is 2. The van der Waals surface area contributed by atoms with Crippen LogP contribution in [0.4, 0.5) is 11.8 Å². The Morgan fingerprint density at radius 1 is 1.00 bits per heavy atom. The van der Waals surface area contributed by atoms with Gasteiger partial charge in [-0.2, -0.15) is 9.29 Å². The van der Waals surface area contributed by atoms with Crippen LogP contribution in [0.15, 0.2) is 68.2 Å². The highest BCUT2D eigenvalue weighted by Gasteiger charge is 2.26. The first-order valence-corrected chi connectivity index (χ1v) is 16.8. The van der Waals surface area contributed by atoms with E-state index in [0.717, 1.165) is 24.2 Å². The summed E-state index contributed by atoms with van der Waals surface area (Å²) >= 11 is 13.3. The van der Waals surface area contributed by atoms with Gasteiger partial charge < -0.3 is 5.32 Å². The minimum Gasteiger partial charge on any atom is -0.369 e. The van der Waals surface area contributed by atoms with Gasteiger partial charge in [0.05, 0.1) is 14.8 Å². The molecule has 0 bridgehead atoms. The predicted molar refractivity (Wildman–Crippen MR) is 156 cm³/mol. The molecule has 1 aliphatic rings. The molecule has 0 radical (unpaired) electrons. The molecule has 1 fully saturated rings. The normalized spacial score (nSPS) is 14.9. The Morgan fingerprint density at radius 3 is 2.33 bits per heavy atom. The monoisotopic (exact) mass is 629 g/mol. The maximum Gasteiger partial charge on any atom is 0.265 e. The van der Waals surface area contributed by atoms with Crippen molar-refractivity contribution >= 4 is 66.8 Å². The first-order valence-electron chi connectivity index (χ1n) is 12.3. The number of piperidine rings is 1. The molecule has 2 N–H and O–H groups in total. The number of aromatic nitrogens is 2. The van der Waals surface area contributed by atoms with E-state index in [2.05, 4.69) is 20.0 Å². The zero-order valence-corrected chi connectivity index (χ0v) is 25.4. The highest BCUT2D eigenvalue weighted by atomic mass is 35.5. The van der Waals surface area contributed by atoms with Crippen molar-refractivity contribution in [1.29, 1.82) is 0 Å². The van der Waals surface area contributed by atoms with E-state index in [1.165, 1.54) is 40.5 Å². The van der Waals surface area contributed by atoms with E-state index < -0.39 is 20.0 Å². The molecule has 39 heavy (non-hydrogen) atoms. The van der Waals surface area contributed by atoms with Gasteiger partial charge in [-0.3, -0.25) is 0 Å². The van der Waals surface area contributed by atoms with Crippen molar-refractivity contribution in [2.24, 2.45) is 5.92 Å². The number of nitrogens with one attached hydrogen (secondary N) is 2. The van der Waals surface area contributed by atoms with Gasteiger partial charge in [-0.1, -0.05) is 55.2 Å². The van der Waals surface area contributed by atoms with Crippen LogP contribution in [0.5, 0.6) is 0 Å². The maximum absolute atomic E-state index is 13.0. The van der Waals surface area contributed by atoms with E-state index in [1.54, 1.807) is 24.3 Å². The molecule has 0 spiro atoms. The van der Waals surface area contributed by atoms with Gasteiger partial charge >= 0.3 is 0 Å². The molecule has 0 atom stereocenters. The molecule has 9 nitrogen and oxygen atoms in total. The summed E-state index contributed by atoms with van der Waals surface area (Å²) in [6.07, 6.45) is 4.31. The molecule has 0 unspecified atom stereocenters. The fourth-order valence-electron chi connectivity index (χ4n) is 3.85. The Bertz CT molecular complexity index is 1530. The first-order chi connectivity index (χ1) is 18.5. The molecule has 0 amide bonds. The van der Waals surface area contributed by atoms with E-state index in [1.807, 2.05) is 13.8 Å². The topological polar surface area (TPSA) is 121 Å². The third-order valence-corrected chi connectivity index (χ3v) is 10.8. The highest BCUT2D eigenvalue weighted by Crippen LogP contribution is 2.34. The second-order valence-electron chi connectivity index (χ2n) is 9.40. The van der Waals surface area contributed by atoms with Crippen molar-refractivity contribution in [3.8, 4) is 0 Å². The average Bonchev–Trinajstić information content (AvgIpc) is 2.89. The van der Waals surface area contributed by atoms with Gasteiger partial charge in [0.25, 0.3) is 10.0 Å². The molecule has 1 aromatic heterocycles. The summed E-state index contributed by atoms with van der Waals surface area (Å²) in [5.74, 6) is 0.610. The molecular formula is C25H29Cl2N5O4S3. The predicted octanol–water partition coefficient (Wildman–Crippen LogP) is 5.98. The minimum atomic E-state index is -4.07. The van der Waals surface area contributed by atoms with Crippen molar-refractivity contribution in [1.82, 2.24) is 14.3 Å². The lowest BCUT2D eigenvalue weighted by atomic mass is 10.2. The first kappa shape index (κ1) is 29.9. The van der Waals surface area contributed by atoms with Crippen LogP contribution in [-0.2, 0) is 20.0 Å². The van der Waals surface area contributed by atoms with E-state index in [9.17, 15) is 16.8 Å². The summed E-state index contributed by atoms with van der Waals surface area (Å²) in [5.41, 5.74) is 0. The number of hydrogen-bond acceptors (Lipinski definition) is 8. The van der Waals surface area contributed by atoms with Crippen molar-refractivity contribution in [3.05, 3.63) is 58.7 Å². The van der Waals surface area contributed by atoms with Crippen molar-refractivity contribution < 1.29 is 16.8 Å². The lowest BCUT2D eigenvalue weighted by molar-refractivity contribution is 0.346. The van der Waals surface area contributed by atoms with Gasteiger partial charge in [0.2, 0.25) is 16.0 Å². The summed E-state index contributed by atoms with van der Waals surface area (Å²) in [6.45, 7) is 5.75. The van der Waals surface area contributed by atoms with Gasteiger partial charge in [0.15, 0.2) is 0 Å². The maximum atomic E-state index is 13.0. The van der Waals surface area contributed by atoms with Gasteiger partial charge in [-0.25, -0.2) is 26.5 Å². The standard InChI is InChI=1S/C25H29Cl2N5O4S3/c1-17(2)15-28-24-22(16-29-25(30-24)31-38(33,34)23-11-6-18(26)14-21(23)27)37-19-7-9-20(10-8-19)39(35,36)32-12-4-3-5-13-32/h6-11,14,16-17H,3-5,12-13,15H2,1-2H3,(H2,28,29,30,31). The third-order valence-electron chi connectivity index (χ3n) is 5.85. The summed E-state index contributed by atoms with van der Waals surface area (Å²) in [4.78, 5) is 10.2. The molecule has 3 aromatic rings. The highest BCUT2D eigenvalue weighted by molar-refractivity contribution is 7.99. The molecular weight excluding hydrogens is 601 g/mol. The molecule has 2 aromatic carbocycles. The average molecular weight is 631 g/mol. The summed E-state index contributed by atoms with van der Waals surface area (Å²) < 4.78 is 55.7. The van der Waals surface area contributed by atoms with Crippen molar-refractivity contribution in [2.45, 2.75) is 52.7 Å². The smallest absolute Gasteiger partial charge is 0.265 e. The van der Waals surface area contributed by atoms with Crippen LogP contribution in [0.1, 0.15) is 33.1 Å². The minimum absolute atomic E-state index is 0.0221. The van der Waals surface area contributed by atoms with E-state index >= 15 is 0 Å². The Balaban J connectivity index is 1.56. The molecule has 0 saturated carbocycles. The molecule has 2 heterocycles. The zero-order valence-electron chi connectivity index (χ0n) is 21.4. The number of benzene rings is 2. The third kappa shape index (κ3) is 7.56. The fraction of sp³-hybridized carbons (Fsp3) is 0.360.